The van der Waals surface area contributed by atoms with Crippen molar-refractivity contribution in [2.45, 2.75) is 31.7 Å². The van der Waals surface area contributed by atoms with Crippen molar-refractivity contribution in [3.63, 3.8) is 0 Å². The molecule has 0 heterocycles. The second kappa shape index (κ2) is 6.76. The van der Waals surface area contributed by atoms with Crippen LogP contribution >= 0.6 is 22.6 Å². The summed E-state index contributed by atoms with van der Waals surface area (Å²) >= 11 is 2.04. The first-order valence-electron chi connectivity index (χ1n) is 7.00. The molecule has 2 rings (SSSR count). The fraction of sp³-hybridized carbons (Fsp3) is 0.533. The van der Waals surface area contributed by atoms with Gasteiger partial charge in [0.05, 0.1) is 3.57 Å². The minimum absolute atomic E-state index is 0.0398. The first-order valence-corrected chi connectivity index (χ1v) is 8.08. The molecule has 1 aliphatic rings. The lowest BCUT2D eigenvalue weighted by Gasteiger charge is -2.37. The second-order valence-corrected chi connectivity index (χ2v) is 6.59. The van der Waals surface area contributed by atoms with Gasteiger partial charge in [0.2, 0.25) is 0 Å². The van der Waals surface area contributed by atoms with Crippen molar-refractivity contribution in [2.24, 2.45) is 11.7 Å². The SMILES string of the molecule is CN(C(=O)c1ccc(I)c(O)c1)C1CCCCC1CN. The lowest BCUT2D eigenvalue weighted by Crippen LogP contribution is -2.45. The van der Waals surface area contributed by atoms with E-state index in [2.05, 4.69) is 0 Å². The van der Waals surface area contributed by atoms with Gasteiger partial charge in [-0.3, -0.25) is 4.79 Å². The lowest BCUT2D eigenvalue weighted by molar-refractivity contribution is 0.0620. The Morgan fingerprint density at radius 1 is 1.45 bits per heavy atom. The van der Waals surface area contributed by atoms with E-state index in [1.54, 1.807) is 23.1 Å². The molecule has 0 aromatic heterocycles. The molecule has 4 nitrogen and oxygen atoms in total. The molecule has 0 aliphatic heterocycles. The smallest absolute Gasteiger partial charge is 0.253 e. The summed E-state index contributed by atoms with van der Waals surface area (Å²) in [6.45, 7) is 0.625. The highest BCUT2D eigenvalue weighted by Crippen LogP contribution is 2.29. The third-order valence-electron chi connectivity index (χ3n) is 4.18. The monoisotopic (exact) mass is 388 g/mol. The van der Waals surface area contributed by atoms with E-state index < -0.39 is 0 Å². The number of carbonyl (C=O) groups excluding carboxylic acids is 1. The van der Waals surface area contributed by atoms with Crippen LogP contribution in [0, 0.1) is 9.49 Å². The average Bonchev–Trinajstić information content (AvgIpc) is 2.48. The predicted molar refractivity (Wildman–Crippen MR) is 87.7 cm³/mol. The maximum Gasteiger partial charge on any atom is 0.253 e. The highest BCUT2D eigenvalue weighted by molar-refractivity contribution is 14.1. The molecule has 0 saturated heterocycles. The summed E-state index contributed by atoms with van der Waals surface area (Å²) in [5.74, 6) is 0.501. The number of nitrogens with two attached hydrogens (primary N) is 1. The van der Waals surface area contributed by atoms with Crippen LogP contribution in [0.3, 0.4) is 0 Å². The molecule has 1 aromatic rings. The Labute approximate surface area is 133 Å². The molecule has 0 bridgehead atoms. The summed E-state index contributed by atoms with van der Waals surface area (Å²) in [6.07, 6.45) is 4.46. The number of hydrogen-bond donors (Lipinski definition) is 2. The van der Waals surface area contributed by atoms with Crippen LogP contribution in [0.5, 0.6) is 5.75 Å². The summed E-state index contributed by atoms with van der Waals surface area (Å²) in [5, 5.41) is 9.74. The van der Waals surface area contributed by atoms with Crippen LogP contribution in [0.4, 0.5) is 0 Å². The van der Waals surface area contributed by atoms with Gasteiger partial charge >= 0.3 is 0 Å². The Balaban J connectivity index is 2.16. The normalized spacial score (nSPS) is 22.6. The molecule has 2 unspecified atom stereocenters. The minimum atomic E-state index is -0.0398. The van der Waals surface area contributed by atoms with E-state index in [4.69, 9.17) is 5.73 Å². The number of phenols is 1. The molecular weight excluding hydrogens is 367 g/mol. The lowest BCUT2D eigenvalue weighted by atomic mass is 9.83. The maximum absolute atomic E-state index is 12.5. The fourth-order valence-corrected chi connectivity index (χ4v) is 3.31. The van der Waals surface area contributed by atoms with Crippen LogP contribution in [0.25, 0.3) is 0 Å². The van der Waals surface area contributed by atoms with Gasteiger partial charge in [-0.1, -0.05) is 12.8 Å². The van der Waals surface area contributed by atoms with Gasteiger partial charge in [0.25, 0.3) is 5.91 Å². The Hall–Kier alpha value is -0.820. The number of nitrogens with zero attached hydrogens (tertiary/aromatic N) is 1. The number of rotatable bonds is 3. The zero-order chi connectivity index (χ0) is 14.7. The van der Waals surface area contributed by atoms with E-state index in [0.717, 1.165) is 22.8 Å². The fourth-order valence-electron chi connectivity index (χ4n) is 2.97. The van der Waals surface area contributed by atoms with Crippen molar-refractivity contribution in [1.29, 1.82) is 0 Å². The summed E-state index contributed by atoms with van der Waals surface area (Å²) in [6, 6.07) is 5.28. The third-order valence-corrected chi connectivity index (χ3v) is 5.09. The van der Waals surface area contributed by atoms with Gasteiger partial charge in [-0.15, -0.1) is 0 Å². The standard InChI is InChI=1S/C15H21IN2O2/c1-18(13-5-3-2-4-11(13)9-17)15(20)10-6-7-12(16)14(19)8-10/h6-8,11,13,19H,2-5,9,17H2,1H3. The van der Waals surface area contributed by atoms with Crippen LogP contribution < -0.4 is 5.73 Å². The molecule has 110 valence electrons. The number of aromatic hydroxyl groups is 1. The Morgan fingerprint density at radius 3 is 2.80 bits per heavy atom. The molecule has 3 N–H and O–H groups in total. The van der Waals surface area contributed by atoms with Gasteiger partial charge in [0.1, 0.15) is 5.75 Å². The van der Waals surface area contributed by atoms with Gasteiger partial charge in [0, 0.05) is 18.7 Å². The topological polar surface area (TPSA) is 66.6 Å². The molecule has 2 atom stereocenters. The van der Waals surface area contributed by atoms with Gasteiger partial charge in [-0.25, -0.2) is 0 Å². The quantitative estimate of drug-likeness (QED) is 0.783. The van der Waals surface area contributed by atoms with Crippen LogP contribution in [0.1, 0.15) is 36.0 Å². The van der Waals surface area contributed by atoms with Crippen LogP contribution in [-0.2, 0) is 0 Å². The first-order chi connectivity index (χ1) is 9.54. The van der Waals surface area contributed by atoms with Gasteiger partial charge in [-0.2, -0.15) is 0 Å². The molecule has 1 saturated carbocycles. The molecule has 1 aromatic carbocycles. The van der Waals surface area contributed by atoms with E-state index in [9.17, 15) is 9.90 Å². The third kappa shape index (κ3) is 3.25. The molecule has 0 spiro atoms. The van der Waals surface area contributed by atoms with Crippen molar-refractivity contribution in [2.75, 3.05) is 13.6 Å². The van der Waals surface area contributed by atoms with Crippen molar-refractivity contribution < 1.29 is 9.90 Å². The van der Waals surface area contributed by atoms with Crippen LogP contribution in [0.2, 0.25) is 0 Å². The van der Waals surface area contributed by atoms with Crippen LogP contribution in [0.15, 0.2) is 18.2 Å². The molecule has 1 fully saturated rings. The molecule has 20 heavy (non-hydrogen) atoms. The molecular formula is C15H21IN2O2. The highest BCUT2D eigenvalue weighted by atomic mass is 127. The van der Waals surface area contributed by atoms with Crippen molar-refractivity contribution in [3.8, 4) is 5.75 Å². The summed E-state index contributed by atoms with van der Waals surface area (Å²) in [4.78, 5) is 14.3. The Morgan fingerprint density at radius 2 is 2.15 bits per heavy atom. The summed E-state index contributed by atoms with van der Waals surface area (Å²) in [7, 11) is 1.84. The number of phenolic OH excluding ortho intramolecular Hbond substituents is 1. The van der Waals surface area contributed by atoms with E-state index >= 15 is 0 Å². The maximum atomic E-state index is 12.5. The van der Waals surface area contributed by atoms with Gasteiger partial charge in [-0.05, 0) is 66.1 Å². The van der Waals surface area contributed by atoms with E-state index in [-0.39, 0.29) is 17.7 Å². The summed E-state index contributed by atoms with van der Waals surface area (Å²) < 4.78 is 0.749. The molecule has 1 aliphatic carbocycles. The summed E-state index contributed by atoms with van der Waals surface area (Å²) in [5.41, 5.74) is 6.37. The minimum Gasteiger partial charge on any atom is -0.507 e. The molecule has 1 amide bonds. The number of benzene rings is 1. The number of halogens is 1. The Bertz CT molecular complexity index is 493. The number of hydrogen-bond acceptors (Lipinski definition) is 3. The number of amides is 1. The number of carbonyl (C=O) groups is 1. The zero-order valence-electron chi connectivity index (χ0n) is 11.7. The predicted octanol–water partition coefficient (Wildman–Crippen LogP) is 2.59. The first kappa shape index (κ1) is 15.6. The second-order valence-electron chi connectivity index (χ2n) is 5.43. The molecule has 5 heteroatoms. The van der Waals surface area contributed by atoms with E-state index in [1.807, 2.05) is 29.6 Å². The highest BCUT2D eigenvalue weighted by Gasteiger charge is 2.30. The van der Waals surface area contributed by atoms with Gasteiger partial charge < -0.3 is 15.7 Å². The van der Waals surface area contributed by atoms with Crippen molar-refractivity contribution in [1.82, 2.24) is 4.90 Å². The Kier molecular flexibility index (Phi) is 5.26. The van der Waals surface area contributed by atoms with Crippen molar-refractivity contribution >= 4 is 28.5 Å². The average molecular weight is 388 g/mol. The van der Waals surface area contributed by atoms with Crippen molar-refractivity contribution in [3.05, 3.63) is 27.3 Å². The zero-order valence-corrected chi connectivity index (χ0v) is 13.8. The van der Waals surface area contributed by atoms with E-state index in [1.165, 1.54) is 6.42 Å². The molecule has 0 radical (unpaired) electrons. The largest absolute Gasteiger partial charge is 0.507 e. The van der Waals surface area contributed by atoms with Crippen LogP contribution in [-0.4, -0.2) is 35.5 Å². The van der Waals surface area contributed by atoms with Gasteiger partial charge in [0.15, 0.2) is 0 Å². The van der Waals surface area contributed by atoms with E-state index in [0.29, 0.717) is 18.0 Å².